The Hall–Kier alpha value is -2.66. The Morgan fingerprint density at radius 3 is 2.07 bits per heavy atom. The van der Waals surface area contributed by atoms with Crippen LogP contribution in [-0.4, -0.2) is 14.2 Å². The van der Waals surface area contributed by atoms with Crippen LogP contribution in [0.15, 0.2) is 78.9 Å². The van der Waals surface area contributed by atoms with Crippen molar-refractivity contribution >= 4 is 9.84 Å². The summed E-state index contributed by atoms with van der Waals surface area (Å²) in [6.07, 6.45) is 1.38. The zero-order chi connectivity index (χ0) is 19.8. The molecule has 0 radical (unpaired) electrons. The molecule has 0 aliphatic rings. The first kappa shape index (κ1) is 20.1. The molecule has 3 rings (SSSR count). The second-order valence-electron chi connectivity index (χ2n) is 6.74. The molecule has 0 aliphatic heterocycles. The SMILES string of the molecule is O=S(=O)(CCCc1ccccc1)Cc1ccc(OCc2ccc(F)cc2)cc1. The molecular weight excluding hydrogens is 375 g/mol. The van der Waals surface area contributed by atoms with Crippen molar-refractivity contribution in [2.24, 2.45) is 0 Å². The number of hydrogen-bond acceptors (Lipinski definition) is 3. The maximum atomic E-state index is 12.9. The van der Waals surface area contributed by atoms with Gasteiger partial charge >= 0.3 is 0 Å². The van der Waals surface area contributed by atoms with Crippen LogP contribution in [0.25, 0.3) is 0 Å². The summed E-state index contributed by atoms with van der Waals surface area (Å²) in [6.45, 7) is 0.331. The van der Waals surface area contributed by atoms with Gasteiger partial charge in [-0.25, -0.2) is 12.8 Å². The Labute approximate surface area is 165 Å². The van der Waals surface area contributed by atoms with E-state index in [0.717, 1.165) is 23.1 Å². The van der Waals surface area contributed by atoms with E-state index in [1.165, 1.54) is 12.1 Å². The van der Waals surface area contributed by atoms with E-state index in [2.05, 4.69) is 0 Å². The lowest BCUT2D eigenvalue weighted by Gasteiger charge is -2.08. The summed E-state index contributed by atoms with van der Waals surface area (Å²) < 4.78 is 43.3. The fourth-order valence-electron chi connectivity index (χ4n) is 2.90. The van der Waals surface area contributed by atoms with Crippen molar-refractivity contribution in [3.05, 3.63) is 101 Å². The van der Waals surface area contributed by atoms with Crippen molar-refractivity contribution in [3.63, 3.8) is 0 Å². The second-order valence-corrected chi connectivity index (χ2v) is 8.92. The number of ether oxygens (including phenoxy) is 1. The van der Waals surface area contributed by atoms with Crippen molar-refractivity contribution < 1.29 is 17.5 Å². The fourth-order valence-corrected chi connectivity index (χ4v) is 4.33. The van der Waals surface area contributed by atoms with Crippen LogP contribution in [0, 0.1) is 5.82 Å². The summed E-state index contributed by atoms with van der Waals surface area (Å²) in [5, 5.41) is 0. The van der Waals surface area contributed by atoms with Crippen molar-refractivity contribution in [2.75, 3.05) is 5.75 Å². The van der Waals surface area contributed by atoms with Gasteiger partial charge in [0.25, 0.3) is 0 Å². The molecule has 0 aromatic heterocycles. The van der Waals surface area contributed by atoms with Crippen LogP contribution >= 0.6 is 0 Å². The lowest BCUT2D eigenvalue weighted by molar-refractivity contribution is 0.306. The molecule has 3 aromatic rings. The largest absolute Gasteiger partial charge is 0.489 e. The Morgan fingerprint density at radius 1 is 0.750 bits per heavy atom. The molecule has 0 bridgehead atoms. The van der Waals surface area contributed by atoms with Gasteiger partial charge in [0, 0.05) is 0 Å². The van der Waals surface area contributed by atoms with E-state index in [-0.39, 0.29) is 17.3 Å². The minimum absolute atomic E-state index is 0.0278. The molecule has 0 heterocycles. The van der Waals surface area contributed by atoms with Gasteiger partial charge in [-0.2, -0.15) is 0 Å². The molecule has 0 saturated carbocycles. The summed E-state index contributed by atoms with van der Waals surface area (Å²) in [4.78, 5) is 0. The number of aryl methyl sites for hydroxylation is 1. The highest BCUT2D eigenvalue weighted by Crippen LogP contribution is 2.17. The maximum absolute atomic E-state index is 12.9. The van der Waals surface area contributed by atoms with Crippen LogP contribution in [-0.2, 0) is 28.6 Å². The first-order valence-electron chi connectivity index (χ1n) is 9.21. The van der Waals surface area contributed by atoms with Crippen LogP contribution in [0.5, 0.6) is 5.75 Å². The van der Waals surface area contributed by atoms with Crippen LogP contribution < -0.4 is 4.74 Å². The molecule has 0 atom stereocenters. The van der Waals surface area contributed by atoms with E-state index in [0.29, 0.717) is 18.8 Å². The molecule has 0 fully saturated rings. The second kappa shape index (κ2) is 9.51. The fraction of sp³-hybridized carbons (Fsp3) is 0.217. The summed E-state index contributed by atoms with van der Waals surface area (Å²) in [7, 11) is -3.15. The van der Waals surface area contributed by atoms with Gasteiger partial charge in [0.2, 0.25) is 0 Å². The minimum Gasteiger partial charge on any atom is -0.489 e. The zero-order valence-electron chi connectivity index (χ0n) is 15.6. The molecule has 0 aliphatic carbocycles. The number of halogens is 1. The summed E-state index contributed by atoms with van der Waals surface area (Å²) in [5.74, 6) is 0.567. The molecule has 0 saturated heterocycles. The minimum atomic E-state index is -3.15. The number of rotatable bonds is 9. The van der Waals surface area contributed by atoms with Crippen LogP contribution in [0.4, 0.5) is 4.39 Å². The van der Waals surface area contributed by atoms with E-state index in [1.54, 1.807) is 36.4 Å². The first-order valence-corrected chi connectivity index (χ1v) is 11.0. The van der Waals surface area contributed by atoms with Crippen molar-refractivity contribution in [1.82, 2.24) is 0 Å². The molecule has 0 amide bonds. The molecule has 3 aromatic carbocycles. The Bertz CT molecular complexity index is 967. The smallest absolute Gasteiger partial charge is 0.154 e. The van der Waals surface area contributed by atoms with Gasteiger partial charge in [-0.05, 0) is 53.8 Å². The standard InChI is InChI=1S/C23H23FO3S/c24-22-12-8-20(9-13-22)17-27-23-14-10-21(11-15-23)18-28(25,26)16-4-7-19-5-2-1-3-6-19/h1-3,5-6,8-15H,4,7,16-18H2. The first-order chi connectivity index (χ1) is 13.5. The van der Waals surface area contributed by atoms with Gasteiger partial charge < -0.3 is 4.74 Å². The molecule has 0 spiro atoms. The van der Waals surface area contributed by atoms with Crippen LogP contribution in [0.3, 0.4) is 0 Å². The van der Waals surface area contributed by atoms with Crippen molar-refractivity contribution in [3.8, 4) is 5.75 Å². The average Bonchev–Trinajstić information content (AvgIpc) is 2.69. The third kappa shape index (κ3) is 6.50. The molecule has 146 valence electrons. The van der Waals surface area contributed by atoms with Crippen LogP contribution in [0.2, 0.25) is 0 Å². The monoisotopic (exact) mass is 398 g/mol. The van der Waals surface area contributed by atoms with E-state index >= 15 is 0 Å². The predicted octanol–water partition coefficient (Wildman–Crippen LogP) is 4.95. The summed E-state index contributed by atoms with van der Waals surface area (Å²) >= 11 is 0. The molecule has 3 nitrogen and oxygen atoms in total. The third-order valence-electron chi connectivity index (χ3n) is 4.39. The number of sulfone groups is 1. The topological polar surface area (TPSA) is 43.4 Å². The van der Waals surface area contributed by atoms with Gasteiger partial charge in [0.15, 0.2) is 9.84 Å². The highest BCUT2D eigenvalue weighted by molar-refractivity contribution is 7.90. The normalized spacial score (nSPS) is 11.3. The van der Waals surface area contributed by atoms with Gasteiger partial charge in [-0.3, -0.25) is 0 Å². The maximum Gasteiger partial charge on any atom is 0.154 e. The number of benzene rings is 3. The summed E-state index contributed by atoms with van der Waals surface area (Å²) in [5.41, 5.74) is 2.76. The summed E-state index contributed by atoms with van der Waals surface area (Å²) in [6, 6.07) is 23.1. The van der Waals surface area contributed by atoms with Crippen molar-refractivity contribution in [1.29, 1.82) is 0 Å². The lowest BCUT2D eigenvalue weighted by Crippen LogP contribution is -2.10. The predicted molar refractivity (Wildman–Crippen MR) is 109 cm³/mol. The zero-order valence-corrected chi connectivity index (χ0v) is 16.4. The molecule has 0 unspecified atom stereocenters. The Balaban J connectivity index is 1.47. The quantitative estimate of drug-likeness (QED) is 0.512. The van der Waals surface area contributed by atoms with Gasteiger partial charge in [0.05, 0.1) is 11.5 Å². The number of hydrogen-bond donors (Lipinski definition) is 0. The van der Waals surface area contributed by atoms with E-state index in [1.807, 2.05) is 30.3 Å². The Kier molecular flexibility index (Phi) is 6.82. The highest BCUT2D eigenvalue weighted by Gasteiger charge is 2.12. The Morgan fingerprint density at radius 2 is 1.39 bits per heavy atom. The van der Waals surface area contributed by atoms with Crippen LogP contribution in [0.1, 0.15) is 23.1 Å². The van der Waals surface area contributed by atoms with E-state index < -0.39 is 9.84 Å². The van der Waals surface area contributed by atoms with E-state index in [4.69, 9.17) is 4.74 Å². The van der Waals surface area contributed by atoms with Gasteiger partial charge in [-0.15, -0.1) is 0 Å². The average molecular weight is 398 g/mol. The third-order valence-corrected chi connectivity index (χ3v) is 6.08. The highest BCUT2D eigenvalue weighted by atomic mass is 32.2. The molecular formula is C23H23FO3S. The van der Waals surface area contributed by atoms with Gasteiger partial charge in [0.1, 0.15) is 18.2 Å². The molecule has 5 heteroatoms. The molecule has 28 heavy (non-hydrogen) atoms. The van der Waals surface area contributed by atoms with E-state index in [9.17, 15) is 12.8 Å². The molecule has 0 N–H and O–H groups in total. The lowest BCUT2D eigenvalue weighted by atomic mass is 10.1. The van der Waals surface area contributed by atoms with Gasteiger partial charge in [-0.1, -0.05) is 54.6 Å². The van der Waals surface area contributed by atoms with Crippen molar-refractivity contribution in [2.45, 2.75) is 25.2 Å².